The summed E-state index contributed by atoms with van der Waals surface area (Å²) in [7, 11) is 0. The zero-order valence-electron chi connectivity index (χ0n) is 15.6. The van der Waals surface area contributed by atoms with Crippen molar-refractivity contribution >= 4 is 5.91 Å². The fourth-order valence-corrected chi connectivity index (χ4v) is 3.95. The molecule has 2 heterocycles. The minimum Gasteiger partial charge on any atom is -0.342 e. The normalized spacial score (nSPS) is 17.9. The van der Waals surface area contributed by atoms with Gasteiger partial charge in [-0.2, -0.15) is 0 Å². The number of rotatable bonds is 5. The molecule has 0 radical (unpaired) electrons. The lowest BCUT2D eigenvalue weighted by atomic mass is 9.94. The van der Waals surface area contributed by atoms with Crippen molar-refractivity contribution in [1.29, 1.82) is 0 Å². The Bertz CT molecular complexity index is 705. The molecule has 3 rings (SSSR count). The van der Waals surface area contributed by atoms with Crippen molar-refractivity contribution in [2.75, 3.05) is 13.1 Å². The van der Waals surface area contributed by atoms with E-state index in [1.165, 1.54) is 12.1 Å². The van der Waals surface area contributed by atoms with Crippen molar-refractivity contribution in [2.24, 2.45) is 5.92 Å². The number of imidazole rings is 1. The van der Waals surface area contributed by atoms with Gasteiger partial charge in [-0.15, -0.1) is 0 Å². The van der Waals surface area contributed by atoms with Crippen LogP contribution in [0.15, 0.2) is 36.5 Å². The van der Waals surface area contributed by atoms with Crippen molar-refractivity contribution < 1.29 is 4.79 Å². The first-order chi connectivity index (χ1) is 12.0. The van der Waals surface area contributed by atoms with Gasteiger partial charge in [0.05, 0.1) is 6.42 Å². The number of benzene rings is 1. The van der Waals surface area contributed by atoms with Gasteiger partial charge >= 0.3 is 0 Å². The number of carbonyl (C=O) groups excluding carboxylic acids is 1. The van der Waals surface area contributed by atoms with Crippen LogP contribution < -0.4 is 0 Å². The molecular weight excluding hydrogens is 310 g/mol. The smallest absolute Gasteiger partial charge is 0.226 e. The van der Waals surface area contributed by atoms with Gasteiger partial charge in [0.2, 0.25) is 5.91 Å². The number of hydrogen-bond acceptors (Lipinski definition) is 2. The number of aromatic nitrogens is 2. The summed E-state index contributed by atoms with van der Waals surface area (Å²) in [4.78, 5) is 19.3. The number of piperidine rings is 1. The molecule has 4 nitrogen and oxygen atoms in total. The zero-order chi connectivity index (χ0) is 17.8. The maximum absolute atomic E-state index is 12.6. The van der Waals surface area contributed by atoms with Gasteiger partial charge in [-0.05, 0) is 45.1 Å². The van der Waals surface area contributed by atoms with Crippen LogP contribution in [0.4, 0.5) is 0 Å². The summed E-state index contributed by atoms with van der Waals surface area (Å²) in [5.41, 5.74) is 2.32. The highest BCUT2D eigenvalue weighted by Crippen LogP contribution is 2.23. The van der Waals surface area contributed by atoms with E-state index < -0.39 is 0 Å². The van der Waals surface area contributed by atoms with Crippen LogP contribution in [-0.2, 0) is 17.6 Å². The number of hydrogen-bond donors (Lipinski definition) is 0. The van der Waals surface area contributed by atoms with Gasteiger partial charge < -0.3 is 9.47 Å². The van der Waals surface area contributed by atoms with E-state index in [0.717, 1.165) is 37.3 Å². The van der Waals surface area contributed by atoms with E-state index in [9.17, 15) is 4.79 Å². The van der Waals surface area contributed by atoms with E-state index in [1.54, 1.807) is 0 Å². The van der Waals surface area contributed by atoms with Crippen molar-refractivity contribution in [3.8, 4) is 0 Å². The molecule has 25 heavy (non-hydrogen) atoms. The van der Waals surface area contributed by atoms with Crippen LogP contribution in [0.1, 0.15) is 49.8 Å². The van der Waals surface area contributed by atoms with E-state index in [0.29, 0.717) is 18.4 Å². The maximum Gasteiger partial charge on any atom is 0.226 e. The molecule has 134 valence electrons. The third-order valence-corrected chi connectivity index (χ3v) is 5.12. The molecule has 1 aliphatic heterocycles. The molecule has 2 aromatic rings. The fraction of sp³-hybridized carbons (Fsp3) is 0.524. The zero-order valence-corrected chi connectivity index (χ0v) is 15.6. The lowest BCUT2D eigenvalue weighted by molar-refractivity contribution is -0.132. The van der Waals surface area contributed by atoms with Crippen LogP contribution in [0.25, 0.3) is 0 Å². The van der Waals surface area contributed by atoms with Crippen molar-refractivity contribution in [1.82, 2.24) is 14.5 Å². The van der Waals surface area contributed by atoms with E-state index in [1.807, 2.05) is 36.5 Å². The highest BCUT2D eigenvalue weighted by molar-refractivity contribution is 5.78. The first-order valence-corrected chi connectivity index (χ1v) is 9.39. The molecule has 1 aromatic carbocycles. The summed E-state index contributed by atoms with van der Waals surface area (Å²) < 4.78 is 2.32. The Morgan fingerprint density at radius 3 is 2.76 bits per heavy atom. The summed E-state index contributed by atoms with van der Waals surface area (Å²) in [5, 5.41) is 0. The van der Waals surface area contributed by atoms with Gasteiger partial charge in [0, 0.05) is 37.4 Å². The van der Waals surface area contributed by atoms with Crippen molar-refractivity contribution in [3.63, 3.8) is 0 Å². The molecule has 4 heteroatoms. The fourth-order valence-electron chi connectivity index (χ4n) is 3.95. The summed E-state index contributed by atoms with van der Waals surface area (Å²) in [5.74, 6) is 1.92. The van der Waals surface area contributed by atoms with Crippen LogP contribution in [0, 0.1) is 12.8 Å². The summed E-state index contributed by atoms with van der Waals surface area (Å²) in [6, 6.07) is 10.5. The summed E-state index contributed by atoms with van der Waals surface area (Å²) in [6.45, 7) is 8.27. The van der Waals surface area contributed by atoms with Crippen LogP contribution in [-0.4, -0.2) is 33.4 Å². The SMILES string of the molecule is Cc1cnc(CC2CCCN(C(=O)Cc3ccccc3)C2)n1C(C)C. The third-order valence-electron chi connectivity index (χ3n) is 5.12. The van der Waals surface area contributed by atoms with Gasteiger partial charge in [0.1, 0.15) is 5.82 Å². The van der Waals surface area contributed by atoms with E-state index in [2.05, 4.69) is 35.2 Å². The lowest BCUT2D eigenvalue weighted by Gasteiger charge is -2.33. The highest BCUT2D eigenvalue weighted by Gasteiger charge is 2.25. The lowest BCUT2D eigenvalue weighted by Crippen LogP contribution is -2.41. The Labute approximate surface area is 150 Å². The third kappa shape index (κ3) is 4.30. The molecule has 1 unspecified atom stereocenters. The van der Waals surface area contributed by atoms with Gasteiger partial charge in [-0.25, -0.2) is 4.98 Å². The molecule has 1 aliphatic rings. The van der Waals surface area contributed by atoms with Crippen LogP contribution in [0.3, 0.4) is 0 Å². The van der Waals surface area contributed by atoms with Gasteiger partial charge in [0.25, 0.3) is 0 Å². The highest BCUT2D eigenvalue weighted by atomic mass is 16.2. The molecule has 0 saturated carbocycles. The number of likely N-dealkylation sites (tertiary alicyclic amines) is 1. The van der Waals surface area contributed by atoms with E-state index in [-0.39, 0.29) is 5.91 Å². The Morgan fingerprint density at radius 1 is 1.28 bits per heavy atom. The molecule has 0 bridgehead atoms. The van der Waals surface area contributed by atoms with Crippen molar-refractivity contribution in [3.05, 3.63) is 53.6 Å². The Hall–Kier alpha value is -2.10. The Balaban J connectivity index is 1.62. The van der Waals surface area contributed by atoms with E-state index in [4.69, 9.17) is 0 Å². The van der Waals surface area contributed by atoms with Gasteiger partial charge in [-0.1, -0.05) is 30.3 Å². The minimum absolute atomic E-state index is 0.249. The molecule has 1 aromatic heterocycles. The summed E-state index contributed by atoms with van der Waals surface area (Å²) >= 11 is 0. The molecular formula is C21H29N3O. The quantitative estimate of drug-likeness (QED) is 0.831. The Morgan fingerprint density at radius 2 is 2.04 bits per heavy atom. The standard InChI is InChI=1S/C21H29N3O/c1-16(2)24-17(3)14-22-20(24)12-19-10-7-11-23(15-19)21(25)13-18-8-5-4-6-9-18/h4-6,8-9,14,16,19H,7,10-13,15H2,1-3H3. The molecule has 1 saturated heterocycles. The topological polar surface area (TPSA) is 38.1 Å². The molecule has 1 fully saturated rings. The van der Waals surface area contributed by atoms with Crippen LogP contribution in [0.5, 0.6) is 0 Å². The van der Waals surface area contributed by atoms with Crippen LogP contribution >= 0.6 is 0 Å². The second-order valence-corrected chi connectivity index (χ2v) is 7.49. The second kappa shape index (κ2) is 7.85. The number of aryl methyl sites for hydroxylation is 1. The average Bonchev–Trinajstić information content (AvgIpc) is 2.96. The largest absolute Gasteiger partial charge is 0.342 e. The first kappa shape index (κ1) is 17.7. The first-order valence-electron chi connectivity index (χ1n) is 9.39. The van der Waals surface area contributed by atoms with Crippen molar-refractivity contribution in [2.45, 2.75) is 52.5 Å². The van der Waals surface area contributed by atoms with Crippen LogP contribution in [0.2, 0.25) is 0 Å². The molecule has 0 spiro atoms. The molecule has 0 N–H and O–H groups in total. The number of amides is 1. The molecule has 1 atom stereocenters. The Kier molecular flexibility index (Phi) is 5.57. The maximum atomic E-state index is 12.6. The van der Waals surface area contributed by atoms with E-state index >= 15 is 0 Å². The molecule has 0 aliphatic carbocycles. The second-order valence-electron chi connectivity index (χ2n) is 7.49. The average molecular weight is 339 g/mol. The monoisotopic (exact) mass is 339 g/mol. The minimum atomic E-state index is 0.249. The summed E-state index contributed by atoms with van der Waals surface area (Å²) in [6.07, 6.45) is 5.70. The van der Waals surface area contributed by atoms with Gasteiger partial charge in [-0.3, -0.25) is 4.79 Å². The number of nitrogens with zero attached hydrogens (tertiary/aromatic N) is 3. The van der Waals surface area contributed by atoms with Gasteiger partial charge in [0.15, 0.2) is 0 Å². The molecule has 1 amide bonds. The number of carbonyl (C=O) groups is 1. The predicted octanol–water partition coefficient (Wildman–Crippen LogP) is 3.80. The predicted molar refractivity (Wildman–Crippen MR) is 101 cm³/mol.